The number of hydrogen-bond acceptors (Lipinski definition) is 6. The van der Waals surface area contributed by atoms with E-state index in [0.717, 1.165) is 17.9 Å². The molecule has 28 heavy (non-hydrogen) atoms. The third kappa shape index (κ3) is 4.50. The largest absolute Gasteiger partial charge is 0.497 e. The Kier molecular flexibility index (Phi) is 5.96. The molecule has 0 unspecified atom stereocenters. The minimum atomic E-state index is -0.588. The van der Waals surface area contributed by atoms with E-state index in [-0.39, 0.29) is 18.1 Å². The predicted molar refractivity (Wildman–Crippen MR) is 103 cm³/mol. The molecule has 0 fully saturated rings. The second-order valence-corrected chi connectivity index (χ2v) is 5.77. The third-order valence-electron chi connectivity index (χ3n) is 3.92. The molecule has 1 amide bonds. The van der Waals surface area contributed by atoms with Gasteiger partial charge in [0.2, 0.25) is 11.2 Å². The molecule has 3 aromatic rings. The van der Waals surface area contributed by atoms with Gasteiger partial charge in [-0.3, -0.25) is 9.59 Å². The van der Waals surface area contributed by atoms with Crippen LogP contribution in [-0.4, -0.2) is 20.1 Å². The van der Waals surface area contributed by atoms with Crippen molar-refractivity contribution < 1.29 is 23.4 Å². The summed E-state index contributed by atoms with van der Waals surface area (Å²) in [7, 11) is 3.01. The van der Waals surface area contributed by atoms with Crippen molar-refractivity contribution in [1.29, 1.82) is 0 Å². The standard InChI is InChI=1S/C21H19NO6/c1-25-15-8-9-16(18(10-15)26-2)22-21(24)19-11-17(23)20(13-28-19)27-12-14-6-4-3-5-7-14/h3-11,13H,12H2,1-2H3,(H,22,24). The Bertz CT molecular complexity index is 1010. The number of carbonyl (C=O) groups excluding carboxylic acids is 1. The Hall–Kier alpha value is -3.74. The molecule has 0 bridgehead atoms. The number of rotatable bonds is 7. The summed E-state index contributed by atoms with van der Waals surface area (Å²) in [5.41, 5.74) is 0.879. The quantitative estimate of drug-likeness (QED) is 0.674. The van der Waals surface area contributed by atoms with E-state index in [9.17, 15) is 9.59 Å². The highest BCUT2D eigenvalue weighted by atomic mass is 16.5. The summed E-state index contributed by atoms with van der Waals surface area (Å²) < 4.78 is 21.1. The van der Waals surface area contributed by atoms with Gasteiger partial charge in [0.05, 0.1) is 19.9 Å². The summed E-state index contributed by atoms with van der Waals surface area (Å²) in [6.45, 7) is 0.222. The van der Waals surface area contributed by atoms with Crippen LogP contribution in [0.25, 0.3) is 0 Å². The van der Waals surface area contributed by atoms with Crippen molar-refractivity contribution in [2.45, 2.75) is 6.61 Å². The molecule has 144 valence electrons. The van der Waals surface area contributed by atoms with E-state index < -0.39 is 11.3 Å². The van der Waals surface area contributed by atoms with Gasteiger partial charge >= 0.3 is 0 Å². The fourth-order valence-corrected chi connectivity index (χ4v) is 2.44. The SMILES string of the molecule is COc1ccc(NC(=O)c2cc(=O)c(OCc3ccccc3)co2)c(OC)c1. The summed E-state index contributed by atoms with van der Waals surface area (Å²) in [5.74, 6) is 0.298. The molecule has 1 N–H and O–H groups in total. The van der Waals surface area contributed by atoms with Gasteiger partial charge in [-0.05, 0) is 17.7 Å². The van der Waals surface area contributed by atoms with Gasteiger partial charge < -0.3 is 23.9 Å². The fourth-order valence-electron chi connectivity index (χ4n) is 2.44. The Morgan fingerprint density at radius 3 is 2.46 bits per heavy atom. The first-order valence-corrected chi connectivity index (χ1v) is 8.43. The van der Waals surface area contributed by atoms with Crippen molar-refractivity contribution in [2.75, 3.05) is 19.5 Å². The van der Waals surface area contributed by atoms with Crippen LogP contribution >= 0.6 is 0 Å². The molecule has 7 nitrogen and oxygen atoms in total. The summed E-state index contributed by atoms with van der Waals surface area (Å²) >= 11 is 0. The molecular formula is C21H19NO6. The van der Waals surface area contributed by atoms with Crippen molar-refractivity contribution in [2.24, 2.45) is 0 Å². The van der Waals surface area contributed by atoms with Gasteiger partial charge in [-0.2, -0.15) is 0 Å². The van der Waals surface area contributed by atoms with Crippen LogP contribution < -0.4 is 25.0 Å². The molecule has 1 aromatic heterocycles. The maximum Gasteiger partial charge on any atom is 0.291 e. The minimum Gasteiger partial charge on any atom is -0.497 e. The van der Waals surface area contributed by atoms with E-state index in [4.69, 9.17) is 18.6 Å². The molecule has 7 heteroatoms. The monoisotopic (exact) mass is 381 g/mol. The topological polar surface area (TPSA) is 87.0 Å². The second kappa shape index (κ2) is 8.77. The van der Waals surface area contributed by atoms with Crippen LogP contribution in [0.4, 0.5) is 5.69 Å². The normalized spacial score (nSPS) is 10.2. The molecule has 0 spiro atoms. The van der Waals surface area contributed by atoms with Crippen molar-refractivity contribution in [3.8, 4) is 17.2 Å². The molecule has 0 saturated heterocycles. The number of carbonyl (C=O) groups is 1. The van der Waals surface area contributed by atoms with Gasteiger partial charge in [-0.25, -0.2) is 0 Å². The summed E-state index contributed by atoms with van der Waals surface area (Å²) in [6.07, 6.45) is 1.13. The number of nitrogens with one attached hydrogen (secondary N) is 1. The van der Waals surface area contributed by atoms with E-state index in [1.807, 2.05) is 30.3 Å². The van der Waals surface area contributed by atoms with Crippen LogP contribution in [0.5, 0.6) is 17.2 Å². The number of hydrogen-bond donors (Lipinski definition) is 1. The smallest absolute Gasteiger partial charge is 0.291 e. The second-order valence-electron chi connectivity index (χ2n) is 5.77. The summed E-state index contributed by atoms with van der Waals surface area (Å²) in [4.78, 5) is 24.6. The molecule has 0 radical (unpaired) electrons. The van der Waals surface area contributed by atoms with Crippen LogP contribution in [-0.2, 0) is 6.61 Å². The first kappa shape index (κ1) is 19.0. The lowest BCUT2D eigenvalue weighted by Crippen LogP contribution is -2.16. The van der Waals surface area contributed by atoms with Crippen LogP contribution in [0, 0.1) is 0 Å². The molecule has 0 aliphatic rings. The number of anilines is 1. The van der Waals surface area contributed by atoms with Gasteiger partial charge in [0.25, 0.3) is 5.91 Å². The van der Waals surface area contributed by atoms with Crippen molar-refractivity contribution in [3.63, 3.8) is 0 Å². The van der Waals surface area contributed by atoms with E-state index in [0.29, 0.717) is 17.2 Å². The highest BCUT2D eigenvalue weighted by Gasteiger charge is 2.15. The Labute approximate surface area is 161 Å². The zero-order chi connectivity index (χ0) is 19.9. The predicted octanol–water partition coefficient (Wildman–Crippen LogP) is 3.49. The molecule has 1 heterocycles. The van der Waals surface area contributed by atoms with E-state index in [1.54, 1.807) is 18.2 Å². The summed E-state index contributed by atoms with van der Waals surface area (Å²) in [6, 6.07) is 15.4. The van der Waals surface area contributed by atoms with Crippen LogP contribution in [0.1, 0.15) is 16.1 Å². The molecular weight excluding hydrogens is 362 g/mol. The third-order valence-corrected chi connectivity index (χ3v) is 3.92. The molecule has 0 saturated carbocycles. The number of ether oxygens (including phenoxy) is 3. The summed E-state index contributed by atoms with van der Waals surface area (Å²) in [5, 5.41) is 2.64. The molecule has 0 aliphatic heterocycles. The average Bonchev–Trinajstić information content (AvgIpc) is 2.73. The first-order chi connectivity index (χ1) is 13.6. The number of methoxy groups -OCH3 is 2. The zero-order valence-corrected chi connectivity index (χ0v) is 15.4. The molecule has 3 rings (SSSR count). The van der Waals surface area contributed by atoms with E-state index in [1.165, 1.54) is 14.2 Å². The van der Waals surface area contributed by atoms with Crippen molar-refractivity contribution >= 4 is 11.6 Å². The minimum absolute atomic E-state index is 0.0300. The van der Waals surface area contributed by atoms with Gasteiger partial charge in [0.1, 0.15) is 24.4 Å². The molecule has 2 aromatic carbocycles. The maximum absolute atomic E-state index is 12.4. The number of benzene rings is 2. The lowest BCUT2D eigenvalue weighted by Gasteiger charge is -2.11. The van der Waals surface area contributed by atoms with Gasteiger partial charge in [-0.15, -0.1) is 0 Å². The van der Waals surface area contributed by atoms with Crippen molar-refractivity contribution in [1.82, 2.24) is 0 Å². The van der Waals surface area contributed by atoms with Crippen LogP contribution in [0.2, 0.25) is 0 Å². The van der Waals surface area contributed by atoms with Gasteiger partial charge in [0.15, 0.2) is 5.76 Å². The van der Waals surface area contributed by atoms with Gasteiger partial charge in [-0.1, -0.05) is 30.3 Å². The lowest BCUT2D eigenvalue weighted by atomic mass is 10.2. The Balaban J connectivity index is 1.71. The van der Waals surface area contributed by atoms with Crippen LogP contribution in [0.3, 0.4) is 0 Å². The Morgan fingerprint density at radius 1 is 1.00 bits per heavy atom. The van der Waals surface area contributed by atoms with Crippen LogP contribution in [0.15, 0.2) is 70.1 Å². The maximum atomic E-state index is 12.4. The highest BCUT2D eigenvalue weighted by molar-refractivity contribution is 6.03. The van der Waals surface area contributed by atoms with Gasteiger partial charge in [0, 0.05) is 12.1 Å². The zero-order valence-electron chi connectivity index (χ0n) is 15.4. The first-order valence-electron chi connectivity index (χ1n) is 8.43. The fraction of sp³-hybridized carbons (Fsp3) is 0.143. The van der Waals surface area contributed by atoms with E-state index in [2.05, 4.69) is 5.32 Å². The molecule has 0 atom stereocenters. The number of amides is 1. The van der Waals surface area contributed by atoms with E-state index >= 15 is 0 Å². The average molecular weight is 381 g/mol. The van der Waals surface area contributed by atoms with Crippen molar-refractivity contribution in [3.05, 3.63) is 82.4 Å². The highest BCUT2D eigenvalue weighted by Crippen LogP contribution is 2.29. The lowest BCUT2D eigenvalue weighted by molar-refractivity contribution is 0.0993. The Morgan fingerprint density at radius 2 is 1.79 bits per heavy atom. The molecule has 0 aliphatic carbocycles.